The molecule has 0 bridgehead atoms. The van der Waals surface area contributed by atoms with Crippen LogP contribution in [0.4, 0.5) is 24.7 Å². The Hall–Kier alpha value is -3.14. The Kier molecular flexibility index (Phi) is 7.06. The first kappa shape index (κ1) is 24.0. The van der Waals surface area contributed by atoms with E-state index in [1.165, 1.54) is 17.2 Å². The molecular weight excluding hydrogens is 449 g/mol. The van der Waals surface area contributed by atoms with Crippen LogP contribution >= 0.6 is 0 Å². The number of halogens is 3. The maximum absolute atomic E-state index is 13.4. The lowest BCUT2D eigenvalue weighted by atomic mass is 9.96. The second kappa shape index (κ2) is 10.0. The van der Waals surface area contributed by atoms with Crippen LogP contribution in [0, 0.1) is 12.8 Å². The van der Waals surface area contributed by atoms with E-state index in [1.54, 1.807) is 30.0 Å². The van der Waals surface area contributed by atoms with Gasteiger partial charge >= 0.3 is 6.18 Å². The van der Waals surface area contributed by atoms with E-state index in [9.17, 15) is 22.8 Å². The third-order valence-electron chi connectivity index (χ3n) is 6.30. The molecule has 1 aromatic heterocycles. The first-order valence-electron chi connectivity index (χ1n) is 11.3. The van der Waals surface area contributed by atoms with Gasteiger partial charge in [-0.3, -0.25) is 9.59 Å². The Balaban J connectivity index is 1.48. The van der Waals surface area contributed by atoms with Gasteiger partial charge in [0, 0.05) is 43.6 Å². The molecule has 0 spiro atoms. The van der Waals surface area contributed by atoms with Crippen LogP contribution in [-0.4, -0.2) is 61.1 Å². The number of nitrogens with zero attached hydrogens (tertiary/aromatic N) is 3. The SMILES string of the molecule is Cc1c(NC(=O)C2CCCN(c3ncccc3C(F)(F)F)C2)cccc1C(=O)N1CCOCC1. The molecule has 2 amide bonds. The number of rotatable bonds is 4. The summed E-state index contributed by atoms with van der Waals surface area (Å²) >= 11 is 0. The lowest BCUT2D eigenvalue weighted by Gasteiger charge is -2.34. The van der Waals surface area contributed by atoms with Crippen LogP contribution in [0.3, 0.4) is 0 Å². The van der Waals surface area contributed by atoms with Crippen molar-refractivity contribution in [1.82, 2.24) is 9.88 Å². The summed E-state index contributed by atoms with van der Waals surface area (Å²) in [4.78, 5) is 33.2. The molecule has 0 saturated carbocycles. The van der Waals surface area contributed by atoms with E-state index < -0.39 is 17.7 Å². The zero-order valence-corrected chi connectivity index (χ0v) is 18.9. The molecule has 1 unspecified atom stereocenters. The quantitative estimate of drug-likeness (QED) is 0.728. The number of morpholine rings is 1. The van der Waals surface area contributed by atoms with Crippen molar-refractivity contribution in [3.63, 3.8) is 0 Å². The summed E-state index contributed by atoms with van der Waals surface area (Å²) < 4.78 is 45.6. The highest BCUT2D eigenvalue weighted by molar-refractivity contribution is 6.00. The van der Waals surface area contributed by atoms with Crippen LogP contribution in [0.15, 0.2) is 36.5 Å². The number of pyridine rings is 1. The second-order valence-electron chi connectivity index (χ2n) is 8.53. The van der Waals surface area contributed by atoms with E-state index in [2.05, 4.69) is 10.3 Å². The van der Waals surface area contributed by atoms with E-state index in [4.69, 9.17) is 4.74 Å². The summed E-state index contributed by atoms with van der Waals surface area (Å²) in [5.41, 5.74) is 0.883. The molecule has 0 radical (unpaired) electrons. The molecule has 2 aliphatic rings. The number of hydrogen-bond acceptors (Lipinski definition) is 5. The van der Waals surface area contributed by atoms with E-state index in [0.29, 0.717) is 62.5 Å². The van der Waals surface area contributed by atoms with Gasteiger partial charge < -0.3 is 19.9 Å². The minimum absolute atomic E-state index is 0.115. The van der Waals surface area contributed by atoms with Gasteiger partial charge in [0.1, 0.15) is 5.82 Å². The molecule has 2 saturated heterocycles. The lowest BCUT2D eigenvalue weighted by Crippen LogP contribution is -2.42. The number of anilines is 2. The minimum Gasteiger partial charge on any atom is -0.378 e. The molecule has 34 heavy (non-hydrogen) atoms. The Labute approximate surface area is 195 Å². The predicted octanol–water partition coefficient (Wildman–Crippen LogP) is 3.74. The van der Waals surface area contributed by atoms with Gasteiger partial charge in [-0.1, -0.05) is 6.07 Å². The number of piperidine rings is 1. The highest BCUT2D eigenvalue weighted by atomic mass is 19.4. The fraction of sp³-hybridized carbons (Fsp3) is 0.458. The van der Waals surface area contributed by atoms with Crippen LogP contribution in [0.25, 0.3) is 0 Å². The van der Waals surface area contributed by atoms with Crippen molar-refractivity contribution in [2.24, 2.45) is 5.92 Å². The van der Waals surface area contributed by atoms with Crippen LogP contribution in [0.1, 0.15) is 34.3 Å². The summed E-state index contributed by atoms with van der Waals surface area (Å²) in [5, 5.41) is 2.89. The number of alkyl halides is 3. The van der Waals surface area contributed by atoms with Crippen molar-refractivity contribution >= 4 is 23.3 Å². The van der Waals surface area contributed by atoms with Gasteiger partial charge in [0.15, 0.2) is 0 Å². The third kappa shape index (κ3) is 5.16. The van der Waals surface area contributed by atoms with Gasteiger partial charge in [0.05, 0.1) is 24.7 Å². The van der Waals surface area contributed by atoms with Gasteiger partial charge in [-0.05, 0) is 49.6 Å². The van der Waals surface area contributed by atoms with Crippen molar-refractivity contribution in [2.45, 2.75) is 25.9 Å². The van der Waals surface area contributed by atoms with Crippen LogP contribution < -0.4 is 10.2 Å². The van der Waals surface area contributed by atoms with Crippen molar-refractivity contribution in [2.75, 3.05) is 49.6 Å². The highest BCUT2D eigenvalue weighted by Gasteiger charge is 2.37. The molecule has 4 rings (SSSR count). The average molecular weight is 476 g/mol. The molecule has 2 fully saturated rings. The molecule has 182 valence electrons. The van der Waals surface area contributed by atoms with Crippen LogP contribution in [0.5, 0.6) is 0 Å². The monoisotopic (exact) mass is 476 g/mol. The molecule has 2 aliphatic heterocycles. The number of aromatic nitrogens is 1. The molecule has 1 N–H and O–H groups in total. The molecule has 0 aliphatic carbocycles. The van der Waals surface area contributed by atoms with Crippen molar-refractivity contribution in [1.29, 1.82) is 0 Å². The molecular formula is C24H27F3N4O3. The molecule has 1 aromatic carbocycles. The summed E-state index contributed by atoms with van der Waals surface area (Å²) in [5.74, 6) is -1.06. The van der Waals surface area contributed by atoms with Gasteiger partial charge in [0.25, 0.3) is 5.91 Å². The summed E-state index contributed by atoms with van der Waals surface area (Å²) in [6.07, 6.45) is -2.07. The number of carbonyl (C=O) groups is 2. The van der Waals surface area contributed by atoms with Crippen molar-refractivity contribution < 1.29 is 27.5 Å². The molecule has 1 atom stereocenters. The number of amides is 2. The zero-order chi connectivity index (χ0) is 24.3. The first-order valence-corrected chi connectivity index (χ1v) is 11.3. The van der Waals surface area contributed by atoms with Crippen molar-refractivity contribution in [3.05, 3.63) is 53.2 Å². The summed E-state index contributed by atoms with van der Waals surface area (Å²) in [7, 11) is 0. The van der Waals surface area contributed by atoms with E-state index in [0.717, 1.165) is 6.07 Å². The van der Waals surface area contributed by atoms with E-state index in [1.807, 2.05) is 0 Å². The molecule has 10 heteroatoms. The van der Waals surface area contributed by atoms with Gasteiger partial charge in [-0.2, -0.15) is 13.2 Å². The smallest absolute Gasteiger partial charge is 0.378 e. The van der Waals surface area contributed by atoms with Crippen molar-refractivity contribution in [3.8, 4) is 0 Å². The fourth-order valence-corrected chi connectivity index (χ4v) is 4.43. The number of benzene rings is 1. The standard InChI is InChI=1S/C24H27F3N4O3/c1-16-18(23(33)30-11-13-34-14-12-30)6-2-8-20(16)29-22(32)17-5-4-10-31(15-17)21-19(24(25,26)27)7-3-9-28-21/h2-3,6-9,17H,4-5,10-15H2,1H3,(H,29,32). The highest BCUT2D eigenvalue weighted by Crippen LogP contribution is 2.36. The largest absolute Gasteiger partial charge is 0.419 e. The summed E-state index contributed by atoms with van der Waals surface area (Å²) in [6.45, 7) is 4.32. The maximum Gasteiger partial charge on any atom is 0.419 e. The Morgan fingerprint density at radius 3 is 2.62 bits per heavy atom. The molecule has 7 nitrogen and oxygen atoms in total. The van der Waals surface area contributed by atoms with E-state index >= 15 is 0 Å². The predicted molar refractivity (Wildman–Crippen MR) is 121 cm³/mol. The average Bonchev–Trinajstić information content (AvgIpc) is 2.85. The molecule has 2 aromatic rings. The van der Waals surface area contributed by atoms with E-state index in [-0.39, 0.29) is 24.2 Å². The van der Waals surface area contributed by atoms with Crippen LogP contribution in [0.2, 0.25) is 0 Å². The minimum atomic E-state index is -4.52. The van der Waals surface area contributed by atoms with Crippen LogP contribution in [-0.2, 0) is 15.7 Å². The first-order chi connectivity index (χ1) is 16.3. The normalized spacial score (nSPS) is 19.1. The Morgan fingerprint density at radius 1 is 1.12 bits per heavy atom. The number of carbonyl (C=O) groups excluding carboxylic acids is 2. The molecule has 3 heterocycles. The second-order valence-corrected chi connectivity index (χ2v) is 8.53. The van der Waals surface area contributed by atoms with Gasteiger partial charge in [0.2, 0.25) is 5.91 Å². The topological polar surface area (TPSA) is 74.8 Å². The number of nitrogens with one attached hydrogen (secondary N) is 1. The Morgan fingerprint density at radius 2 is 1.88 bits per heavy atom. The Bertz CT molecular complexity index is 1050. The van der Waals surface area contributed by atoms with Gasteiger partial charge in [-0.25, -0.2) is 4.98 Å². The number of hydrogen-bond donors (Lipinski definition) is 1. The maximum atomic E-state index is 13.4. The third-order valence-corrected chi connectivity index (χ3v) is 6.30. The number of ether oxygens (including phenoxy) is 1. The fourth-order valence-electron chi connectivity index (χ4n) is 4.43. The summed E-state index contributed by atoms with van der Waals surface area (Å²) in [6, 6.07) is 7.43. The zero-order valence-electron chi connectivity index (χ0n) is 18.9. The van der Waals surface area contributed by atoms with Gasteiger partial charge in [-0.15, -0.1) is 0 Å². The lowest BCUT2D eigenvalue weighted by molar-refractivity contribution is -0.137.